The molecule has 140 valence electrons. The lowest BCUT2D eigenvalue weighted by atomic mass is 10.2. The van der Waals surface area contributed by atoms with Gasteiger partial charge in [-0.2, -0.15) is 0 Å². The highest BCUT2D eigenvalue weighted by Gasteiger charge is 2.08. The van der Waals surface area contributed by atoms with Gasteiger partial charge in [0.15, 0.2) is 6.61 Å². The predicted molar refractivity (Wildman–Crippen MR) is 99.7 cm³/mol. The van der Waals surface area contributed by atoms with Crippen LogP contribution in [0.15, 0.2) is 60.7 Å². The summed E-state index contributed by atoms with van der Waals surface area (Å²) in [5.74, 6) is -1.05. The number of esters is 1. The van der Waals surface area contributed by atoms with E-state index in [4.69, 9.17) is 9.47 Å². The van der Waals surface area contributed by atoms with Crippen molar-refractivity contribution in [2.24, 2.45) is 0 Å². The molecule has 0 spiro atoms. The molecule has 0 fully saturated rings. The third kappa shape index (κ3) is 7.03. The van der Waals surface area contributed by atoms with E-state index in [-0.39, 0.29) is 0 Å². The Morgan fingerprint density at radius 2 is 1.67 bits per heavy atom. The molecule has 2 aromatic carbocycles. The standard InChI is InChI=1S/C20H20N2O5/c1-2-26-17-11-8-15(9-12-17)10-13-19(24)27-14-18(23)21-22-20(25)16-6-4-3-5-7-16/h3-13H,2,14H2,1H3,(H,21,23)(H,22,25)/b13-10+. The van der Waals surface area contributed by atoms with Crippen LogP contribution in [-0.2, 0) is 14.3 Å². The van der Waals surface area contributed by atoms with E-state index >= 15 is 0 Å². The first kappa shape index (κ1) is 19.7. The van der Waals surface area contributed by atoms with Gasteiger partial charge in [-0.3, -0.25) is 20.4 Å². The smallest absolute Gasteiger partial charge is 0.331 e. The van der Waals surface area contributed by atoms with Crippen molar-refractivity contribution in [3.63, 3.8) is 0 Å². The number of carbonyl (C=O) groups is 3. The molecule has 7 heteroatoms. The van der Waals surface area contributed by atoms with Gasteiger partial charge < -0.3 is 9.47 Å². The minimum absolute atomic E-state index is 0.396. The fraction of sp³-hybridized carbons (Fsp3) is 0.150. The number of amides is 2. The van der Waals surface area contributed by atoms with Gasteiger partial charge in [-0.25, -0.2) is 4.79 Å². The third-order valence-corrected chi connectivity index (χ3v) is 3.30. The number of hydrazine groups is 1. The molecule has 0 aliphatic heterocycles. The molecule has 2 aromatic rings. The average Bonchev–Trinajstić information content (AvgIpc) is 2.70. The minimum atomic E-state index is -0.673. The van der Waals surface area contributed by atoms with Crippen LogP contribution in [0.25, 0.3) is 6.08 Å². The highest BCUT2D eigenvalue weighted by atomic mass is 16.5. The topological polar surface area (TPSA) is 93.7 Å². The molecule has 0 bridgehead atoms. The van der Waals surface area contributed by atoms with Gasteiger partial charge in [0.05, 0.1) is 6.61 Å². The van der Waals surface area contributed by atoms with Crippen LogP contribution in [0.5, 0.6) is 5.75 Å². The quantitative estimate of drug-likeness (QED) is 0.443. The minimum Gasteiger partial charge on any atom is -0.494 e. The highest BCUT2D eigenvalue weighted by Crippen LogP contribution is 2.13. The average molecular weight is 368 g/mol. The summed E-state index contributed by atoms with van der Waals surface area (Å²) in [5, 5.41) is 0. The van der Waals surface area contributed by atoms with Crippen molar-refractivity contribution in [1.82, 2.24) is 10.9 Å². The number of ether oxygens (including phenoxy) is 2. The number of nitrogens with one attached hydrogen (secondary N) is 2. The molecule has 0 aliphatic rings. The Morgan fingerprint density at radius 1 is 0.963 bits per heavy atom. The van der Waals surface area contributed by atoms with Crippen molar-refractivity contribution in [2.45, 2.75) is 6.92 Å². The number of hydrogen-bond acceptors (Lipinski definition) is 5. The molecule has 0 unspecified atom stereocenters. The lowest BCUT2D eigenvalue weighted by molar-refractivity contribution is -0.144. The number of hydrogen-bond donors (Lipinski definition) is 2. The SMILES string of the molecule is CCOc1ccc(/C=C/C(=O)OCC(=O)NNC(=O)c2ccccc2)cc1. The Balaban J connectivity index is 1.71. The van der Waals surface area contributed by atoms with Crippen molar-refractivity contribution in [1.29, 1.82) is 0 Å². The molecule has 0 saturated carbocycles. The number of benzene rings is 2. The normalized spacial score (nSPS) is 10.3. The van der Waals surface area contributed by atoms with Gasteiger partial charge >= 0.3 is 5.97 Å². The van der Waals surface area contributed by atoms with E-state index in [0.717, 1.165) is 11.3 Å². The summed E-state index contributed by atoms with van der Waals surface area (Å²) in [6.07, 6.45) is 2.78. The summed E-state index contributed by atoms with van der Waals surface area (Å²) in [6.45, 7) is 1.96. The van der Waals surface area contributed by atoms with Gasteiger partial charge in [0.2, 0.25) is 0 Å². The molecule has 0 atom stereocenters. The Bertz CT molecular complexity index is 801. The van der Waals surface area contributed by atoms with Gasteiger partial charge in [-0.1, -0.05) is 30.3 Å². The first-order valence-electron chi connectivity index (χ1n) is 8.30. The maximum absolute atomic E-state index is 11.8. The van der Waals surface area contributed by atoms with Crippen LogP contribution in [0.4, 0.5) is 0 Å². The molecule has 7 nitrogen and oxygen atoms in total. The molecule has 27 heavy (non-hydrogen) atoms. The van der Waals surface area contributed by atoms with Gasteiger partial charge in [0.1, 0.15) is 5.75 Å². The lowest BCUT2D eigenvalue weighted by Crippen LogP contribution is -2.43. The molecule has 0 radical (unpaired) electrons. The van der Waals surface area contributed by atoms with Crippen LogP contribution in [0.2, 0.25) is 0 Å². The van der Waals surface area contributed by atoms with Crippen molar-refractivity contribution in [2.75, 3.05) is 13.2 Å². The number of rotatable bonds is 7. The predicted octanol–water partition coefficient (Wildman–Crippen LogP) is 2.10. The first-order valence-corrected chi connectivity index (χ1v) is 8.30. The van der Waals surface area contributed by atoms with E-state index in [9.17, 15) is 14.4 Å². The van der Waals surface area contributed by atoms with Crippen LogP contribution in [0.1, 0.15) is 22.8 Å². The fourth-order valence-corrected chi connectivity index (χ4v) is 2.02. The zero-order valence-electron chi connectivity index (χ0n) is 14.8. The second kappa shape index (κ2) is 10.4. The monoisotopic (exact) mass is 368 g/mol. The molecule has 2 N–H and O–H groups in total. The second-order valence-corrected chi connectivity index (χ2v) is 5.31. The van der Waals surface area contributed by atoms with E-state index in [0.29, 0.717) is 12.2 Å². The zero-order chi connectivity index (χ0) is 19.5. The lowest BCUT2D eigenvalue weighted by Gasteiger charge is -2.07. The van der Waals surface area contributed by atoms with Crippen molar-refractivity contribution in [3.05, 3.63) is 71.8 Å². The zero-order valence-corrected chi connectivity index (χ0v) is 14.8. The van der Waals surface area contributed by atoms with E-state index in [2.05, 4.69) is 10.9 Å². The van der Waals surface area contributed by atoms with Crippen LogP contribution in [0, 0.1) is 0 Å². The maximum atomic E-state index is 11.8. The second-order valence-electron chi connectivity index (χ2n) is 5.31. The van der Waals surface area contributed by atoms with E-state index < -0.39 is 24.4 Å². The molecular formula is C20H20N2O5. The molecule has 0 aromatic heterocycles. The third-order valence-electron chi connectivity index (χ3n) is 3.30. The Morgan fingerprint density at radius 3 is 2.33 bits per heavy atom. The molecular weight excluding hydrogens is 348 g/mol. The molecule has 0 aliphatic carbocycles. The van der Waals surface area contributed by atoms with Crippen molar-refractivity contribution in [3.8, 4) is 5.75 Å². The first-order chi connectivity index (χ1) is 13.1. The van der Waals surface area contributed by atoms with Crippen LogP contribution < -0.4 is 15.6 Å². The summed E-state index contributed by atoms with van der Waals surface area (Å²) in [5.41, 5.74) is 5.59. The van der Waals surface area contributed by atoms with Crippen LogP contribution >= 0.6 is 0 Å². The van der Waals surface area contributed by atoms with Crippen LogP contribution in [0.3, 0.4) is 0 Å². The maximum Gasteiger partial charge on any atom is 0.331 e. The Labute approximate surface area is 156 Å². The largest absolute Gasteiger partial charge is 0.494 e. The summed E-state index contributed by atoms with van der Waals surface area (Å²) in [6, 6.07) is 15.6. The van der Waals surface area contributed by atoms with Crippen molar-refractivity contribution < 1.29 is 23.9 Å². The van der Waals surface area contributed by atoms with E-state index in [1.54, 1.807) is 60.7 Å². The summed E-state index contributed by atoms with van der Waals surface area (Å²) in [4.78, 5) is 35.0. The van der Waals surface area contributed by atoms with E-state index in [1.807, 2.05) is 6.92 Å². The van der Waals surface area contributed by atoms with Crippen molar-refractivity contribution >= 4 is 23.9 Å². The number of carbonyl (C=O) groups excluding carboxylic acids is 3. The summed E-state index contributed by atoms with van der Waals surface area (Å²) in [7, 11) is 0. The molecule has 0 saturated heterocycles. The van der Waals surface area contributed by atoms with Gasteiger partial charge in [0, 0.05) is 11.6 Å². The van der Waals surface area contributed by atoms with Gasteiger partial charge in [0.25, 0.3) is 11.8 Å². The van der Waals surface area contributed by atoms with E-state index in [1.165, 1.54) is 6.08 Å². The van der Waals surface area contributed by atoms with Crippen LogP contribution in [-0.4, -0.2) is 31.0 Å². The Hall–Kier alpha value is -3.61. The van der Waals surface area contributed by atoms with Gasteiger partial charge in [-0.05, 0) is 42.8 Å². The Kier molecular flexibility index (Phi) is 7.59. The summed E-state index contributed by atoms with van der Waals surface area (Å²) < 4.78 is 10.1. The molecule has 2 amide bonds. The molecule has 2 rings (SSSR count). The summed E-state index contributed by atoms with van der Waals surface area (Å²) >= 11 is 0. The molecule has 0 heterocycles. The van der Waals surface area contributed by atoms with Gasteiger partial charge in [-0.15, -0.1) is 0 Å². The fourth-order valence-electron chi connectivity index (χ4n) is 2.02. The highest BCUT2D eigenvalue weighted by molar-refractivity contribution is 5.95.